The Morgan fingerprint density at radius 3 is 2.75 bits per heavy atom. The number of aromatic nitrogens is 1. The zero-order chi connectivity index (χ0) is 19.9. The Kier molecular flexibility index (Phi) is 7.09. The number of piperidine rings is 1. The zero-order valence-corrected chi connectivity index (χ0v) is 17.2. The van der Waals surface area contributed by atoms with E-state index in [1.165, 1.54) is 5.56 Å². The molecule has 6 heteroatoms. The van der Waals surface area contributed by atoms with Crippen LogP contribution in [0.2, 0.25) is 0 Å². The number of benzene rings is 1. The third kappa shape index (κ3) is 5.58. The van der Waals surface area contributed by atoms with Gasteiger partial charge in [0.05, 0.1) is 11.2 Å². The largest absolute Gasteiger partial charge is 0.341 e. The van der Waals surface area contributed by atoms with Crippen molar-refractivity contribution in [3.05, 3.63) is 59.8 Å². The molecule has 148 valence electrons. The van der Waals surface area contributed by atoms with Gasteiger partial charge in [0.1, 0.15) is 5.82 Å². The highest BCUT2D eigenvalue weighted by molar-refractivity contribution is 7.99. The fourth-order valence-electron chi connectivity index (χ4n) is 3.29. The molecule has 1 aliphatic rings. The summed E-state index contributed by atoms with van der Waals surface area (Å²) in [5, 5.41) is 2.76. The molecule has 1 N–H and O–H groups in total. The molecule has 0 aliphatic carbocycles. The number of nitrogens with zero attached hydrogens (tertiary/aromatic N) is 2. The number of amides is 2. The van der Waals surface area contributed by atoms with E-state index < -0.39 is 0 Å². The third-order valence-electron chi connectivity index (χ3n) is 4.96. The average Bonchev–Trinajstić information content (AvgIpc) is 2.74. The average molecular weight is 398 g/mol. The lowest BCUT2D eigenvalue weighted by atomic mass is 9.97. The van der Waals surface area contributed by atoms with E-state index in [1.807, 2.05) is 43.0 Å². The summed E-state index contributed by atoms with van der Waals surface area (Å²) >= 11 is 1.64. The first-order valence-electron chi connectivity index (χ1n) is 9.71. The molecule has 0 saturated carbocycles. The molecule has 0 spiro atoms. The van der Waals surface area contributed by atoms with Crippen LogP contribution in [0.4, 0.5) is 5.82 Å². The van der Waals surface area contributed by atoms with E-state index in [1.54, 1.807) is 24.0 Å². The molecular formula is C22H27N3O2S. The fraction of sp³-hybridized carbons (Fsp3) is 0.409. The summed E-state index contributed by atoms with van der Waals surface area (Å²) in [5.74, 6) is 1.24. The van der Waals surface area contributed by atoms with Gasteiger partial charge in [0.2, 0.25) is 11.8 Å². The highest BCUT2D eigenvalue weighted by Crippen LogP contribution is 2.23. The highest BCUT2D eigenvalue weighted by Gasteiger charge is 2.30. The summed E-state index contributed by atoms with van der Waals surface area (Å²) in [6.45, 7) is 5.12. The van der Waals surface area contributed by atoms with Gasteiger partial charge in [-0.25, -0.2) is 4.98 Å². The first-order chi connectivity index (χ1) is 13.5. The maximum Gasteiger partial charge on any atom is 0.235 e. The summed E-state index contributed by atoms with van der Waals surface area (Å²) in [7, 11) is 0. The van der Waals surface area contributed by atoms with E-state index in [2.05, 4.69) is 22.4 Å². The van der Waals surface area contributed by atoms with Crippen molar-refractivity contribution in [1.82, 2.24) is 9.88 Å². The lowest BCUT2D eigenvalue weighted by molar-refractivity contribution is -0.133. The minimum Gasteiger partial charge on any atom is -0.341 e. The van der Waals surface area contributed by atoms with Gasteiger partial charge in [-0.05, 0) is 43.9 Å². The molecule has 0 radical (unpaired) electrons. The van der Waals surface area contributed by atoms with Gasteiger partial charge in [-0.2, -0.15) is 0 Å². The monoisotopic (exact) mass is 397 g/mol. The molecule has 2 amide bonds. The maximum absolute atomic E-state index is 12.8. The molecule has 2 heterocycles. The van der Waals surface area contributed by atoms with E-state index in [-0.39, 0.29) is 23.0 Å². The Morgan fingerprint density at radius 1 is 1.25 bits per heavy atom. The number of likely N-dealkylation sites (tertiary alicyclic amines) is 1. The van der Waals surface area contributed by atoms with Crippen molar-refractivity contribution in [3.8, 4) is 0 Å². The summed E-state index contributed by atoms with van der Waals surface area (Å²) in [4.78, 5) is 31.5. The molecular weight excluding hydrogens is 370 g/mol. The molecule has 2 atom stereocenters. The molecule has 1 aromatic carbocycles. The van der Waals surface area contributed by atoms with Crippen LogP contribution in [0.1, 0.15) is 30.9 Å². The minimum absolute atomic E-state index is 0.0570. The quantitative estimate of drug-likeness (QED) is 0.803. The Labute approximate surface area is 170 Å². The number of pyridine rings is 1. The van der Waals surface area contributed by atoms with E-state index >= 15 is 0 Å². The highest BCUT2D eigenvalue weighted by atomic mass is 32.2. The van der Waals surface area contributed by atoms with Gasteiger partial charge in [0.25, 0.3) is 0 Å². The van der Waals surface area contributed by atoms with Crippen molar-refractivity contribution in [3.63, 3.8) is 0 Å². The Morgan fingerprint density at radius 2 is 2.04 bits per heavy atom. The Balaban J connectivity index is 1.52. The van der Waals surface area contributed by atoms with Crippen LogP contribution in [-0.2, 0) is 15.3 Å². The SMILES string of the molecule is Cc1ccc(NC(=O)C2CCCN(C(=O)C(C)SCc3ccccc3)C2)nc1. The van der Waals surface area contributed by atoms with Gasteiger partial charge in [0.15, 0.2) is 0 Å². The predicted molar refractivity (Wildman–Crippen MR) is 114 cm³/mol. The number of nitrogens with one attached hydrogen (secondary N) is 1. The van der Waals surface area contributed by atoms with Crippen molar-refractivity contribution in [2.45, 2.75) is 37.7 Å². The molecule has 5 nitrogen and oxygen atoms in total. The van der Waals surface area contributed by atoms with Crippen molar-refractivity contribution < 1.29 is 9.59 Å². The molecule has 1 saturated heterocycles. The van der Waals surface area contributed by atoms with Crippen LogP contribution in [-0.4, -0.2) is 40.0 Å². The van der Waals surface area contributed by atoms with E-state index in [9.17, 15) is 9.59 Å². The van der Waals surface area contributed by atoms with Crippen molar-refractivity contribution >= 4 is 29.4 Å². The first-order valence-corrected chi connectivity index (χ1v) is 10.8. The van der Waals surface area contributed by atoms with E-state index in [0.717, 1.165) is 30.7 Å². The number of rotatable bonds is 6. The Bertz CT molecular complexity index is 795. The normalized spacial score (nSPS) is 17.8. The van der Waals surface area contributed by atoms with E-state index in [4.69, 9.17) is 0 Å². The van der Waals surface area contributed by atoms with Crippen LogP contribution in [0.25, 0.3) is 0 Å². The number of carbonyl (C=O) groups is 2. The van der Waals surface area contributed by atoms with Gasteiger partial charge >= 0.3 is 0 Å². The summed E-state index contributed by atoms with van der Waals surface area (Å²) in [6.07, 6.45) is 3.38. The molecule has 28 heavy (non-hydrogen) atoms. The van der Waals surface area contributed by atoms with Crippen molar-refractivity contribution in [2.24, 2.45) is 5.92 Å². The smallest absolute Gasteiger partial charge is 0.235 e. The molecule has 1 aliphatic heterocycles. The van der Waals surface area contributed by atoms with Crippen LogP contribution in [0.15, 0.2) is 48.7 Å². The van der Waals surface area contributed by atoms with Crippen LogP contribution in [0.5, 0.6) is 0 Å². The van der Waals surface area contributed by atoms with Gasteiger partial charge in [0, 0.05) is 25.0 Å². The lowest BCUT2D eigenvalue weighted by Crippen LogP contribution is -2.46. The molecule has 1 fully saturated rings. The van der Waals surface area contributed by atoms with Crippen molar-refractivity contribution in [2.75, 3.05) is 18.4 Å². The van der Waals surface area contributed by atoms with Crippen LogP contribution in [0, 0.1) is 12.8 Å². The molecule has 2 aromatic rings. The number of carbonyl (C=O) groups excluding carboxylic acids is 2. The van der Waals surface area contributed by atoms with Gasteiger partial charge < -0.3 is 10.2 Å². The second kappa shape index (κ2) is 9.73. The predicted octanol–water partition coefficient (Wildman–Crippen LogP) is 3.89. The van der Waals surface area contributed by atoms with Crippen molar-refractivity contribution in [1.29, 1.82) is 0 Å². The van der Waals surface area contributed by atoms with Crippen LogP contribution < -0.4 is 5.32 Å². The molecule has 2 unspecified atom stereocenters. The number of thioether (sulfide) groups is 1. The number of aryl methyl sites for hydroxylation is 1. The summed E-state index contributed by atoms with van der Waals surface area (Å²) < 4.78 is 0. The van der Waals surface area contributed by atoms with E-state index in [0.29, 0.717) is 12.4 Å². The number of hydrogen-bond donors (Lipinski definition) is 1. The van der Waals surface area contributed by atoms with Gasteiger partial charge in [-0.15, -0.1) is 11.8 Å². The topological polar surface area (TPSA) is 62.3 Å². The second-order valence-corrected chi connectivity index (χ2v) is 8.60. The summed E-state index contributed by atoms with van der Waals surface area (Å²) in [5.41, 5.74) is 2.27. The van der Waals surface area contributed by atoms with Crippen LogP contribution >= 0.6 is 11.8 Å². The molecule has 1 aromatic heterocycles. The van der Waals surface area contributed by atoms with Crippen LogP contribution in [0.3, 0.4) is 0 Å². The maximum atomic E-state index is 12.8. The standard InChI is InChI=1S/C22H27N3O2S/c1-16-10-11-20(23-13-16)24-21(26)19-9-6-12-25(14-19)22(27)17(2)28-15-18-7-4-3-5-8-18/h3-5,7-8,10-11,13,17,19H,6,9,12,14-15H2,1-2H3,(H,23,24,26). The zero-order valence-electron chi connectivity index (χ0n) is 16.4. The molecule has 0 bridgehead atoms. The summed E-state index contributed by atoms with van der Waals surface area (Å²) in [6, 6.07) is 13.9. The third-order valence-corrected chi connectivity index (χ3v) is 6.16. The Hall–Kier alpha value is -2.34. The first kappa shape index (κ1) is 20.4. The minimum atomic E-state index is -0.188. The fourth-order valence-corrected chi connectivity index (χ4v) is 4.21. The second-order valence-electron chi connectivity index (χ2n) is 7.27. The van der Waals surface area contributed by atoms with Gasteiger partial charge in [-0.1, -0.05) is 36.4 Å². The molecule has 3 rings (SSSR count). The van der Waals surface area contributed by atoms with Gasteiger partial charge in [-0.3, -0.25) is 9.59 Å². The number of anilines is 1. The lowest BCUT2D eigenvalue weighted by Gasteiger charge is -2.33. The number of hydrogen-bond acceptors (Lipinski definition) is 4.